The van der Waals surface area contributed by atoms with E-state index < -0.39 is 0 Å². The second-order valence-corrected chi connectivity index (χ2v) is 7.20. The first-order chi connectivity index (χ1) is 13.2. The van der Waals surface area contributed by atoms with Gasteiger partial charge in [0, 0.05) is 52.8 Å². The maximum absolute atomic E-state index is 13.8. The molecule has 0 bridgehead atoms. The number of likely N-dealkylation sites (tertiary alicyclic amines) is 1. The summed E-state index contributed by atoms with van der Waals surface area (Å²) in [4.78, 5) is 9.11. The molecular weight excluding hydrogens is 474 g/mol. The molecule has 0 saturated carbocycles. The lowest BCUT2D eigenvalue weighted by Gasteiger charge is -2.35. The van der Waals surface area contributed by atoms with Crippen LogP contribution in [0.1, 0.15) is 18.0 Å². The molecule has 2 heterocycles. The van der Waals surface area contributed by atoms with E-state index in [9.17, 15) is 4.39 Å². The molecule has 0 radical (unpaired) electrons. The fourth-order valence-electron chi connectivity index (χ4n) is 3.98. The predicted molar refractivity (Wildman–Crippen MR) is 120 cm³/mol. The number of hydrogen-bond acceptors (Lipinski definition) is 4. The molecule has 3 rings (SSSR count). The van der Waals surface area contributed by atoms with Gasteiger partial charge in [-0.2, -0.15) is 0 Å². The molecule has 2 saturated heterocycles. The van der Waals surface area contributed by atoms with Crippen LogP contribution in [0.25, 0.3) is 0 Å². The van der Waals surface area contributed by atoms with E-state index >= 15 is 0 Å². The monoisotopic (exact) mass is 506 g/mol. The average molecular weight is 506 g/mol. The van der Waals surface area contributed by atoms with Gasteiger partial charge in [0.05, 0.1) is 25.9 Å². The summed E-state index contributed by atoms with van der Waals surface area (Å²) in [5.74, 6) is 1.26. The number of nitrogens with zero attached hydrogens (tertiary/aromatic N) is 3. The standard InChI is InChI=1S/C20H31FN4O2.HI/c1-22-20(25-7-6-16(14-25)15-26-2)23-13-19(24-8-10-27-11-9-24)17-4-3-5-18(21)12-17;/h3-5,12,16,19H,6-11,13-15H2,1-2H3,(H,22,23);1H. The van der Waals surface area contributed by atoms with Crippen molar-refractivity contribution in [2.75, 3.05) is 66.7 Å². The molecule has 158 valence electrons. The van der Waals surface area contributed by atoms with Crippen molar-refractivity contribution in [1.29, 1.82) is 0 Å². The zero-order valence-corrected chi connectivity index (χ0v) is 19.1. The van der Waals surface area contributed by atoms with E-state index in [0.717, 1.165) is 50.7 Å². The summed E-state index contributed by atoms with van der Waals surface area (Å²) < 4.78 is 24.6. The second-order valence-electron chi connectivity index (χ2n) is 7.20. The van der Waals surface area contributed by atoms with Crippen molar-refractivity contribution in [3.8, 4) is 0 Å². The topological polar surface area (TPSA) is 49.3 Å². The van der Waals surface area contributed by atoms with Gasteiger partial charge >= 0.3 is 0 Å². The van der Waals surface area contributed by atoms with Crippen LogP contribution in [0.15, 0.2) is 29.3 Å². The van der Waals surface area contributed by atoms with Crippen molar-refractivity contribution in [3.05, 3.63) is 35.6 Å². The van der Waals surface area contributed by atoms with Crippen molar-refractivity contribution in [2.24, 2.45) is 10.9 Å². The van der Waals surface area contributed by atoms with E-state index in [1.807, 2.05) is 13.1 Å². The number of guanidine groups is 1. The van der Waals surface area contributed by atoms with Gasteiger partial charge in [-0.1, -0.05) is 12.1 Å². The Labute approximate surface area is 184 Å². The van der Waals surface area contributed by atoms with Gasteiger partial charge in [0.2, 0.25) is 0 Å². The highest BCUT2D eigenvalue weighted by atomic mass is 127. The molecule has 6 nitrogen and oxygen atoms in total. The molecule has 0 spiro atoms. The summed E-state index contributed by atoms with van der Waals surface area (Å²) in [5.41, 5.74) is 0.985. The number of aliphatic imine (C=N–C) groups is 1. The largest absolute Gasteiger partial charge is 0.384 e. The van der Waals surface area contributed by atoms with Gasteiger partial charge in [-0.3, -0.25) is 9.89 Å². The third-order valence-electron chi connectivity index (χ3n) is 5.37. The number of rotatable bonds is 6. The summed E-state index contributed by atoms with van der Waals surface area (Å²) in [6.45, 7) is 6.53. The summed E-state index contributed by atoms with van der Waals surface area (Å²) in [5, 5.41) is 3.52. The molecule has 1 N–H and O–H groups in total. The van der Waals surface area contributed by atoms with Crippen LogP contribution in [0, 0.1) is 11.7 Å². The van der Waals surface area contributed by atoms with E-state index in [2.05, 4.69) is 20.1 Å². The zero-order valence-electron chi connectivity index (χ0n) is 16.8. The fourth-order valence-corrected chi connectivity index (χ4v) is 3.98. The molecule has 2 aliphatic heterocycles. The molecule has 0 amide bonds. The number of benzene rings is 1. The Bertz CT molecular complexity index is 628. The van der Waals surface area contributed by atoms with Crippen LogP contribution < -0.4 is 5.32 Å². The molecule has 28 heavy (non-hydrogen) atoms. The highest BCUT2D eigenvalue weighted by Crippen LogP contribution is 2.23. The third kappa shape index (κ3) is 6.27. The van der Waals surface area contributed by atoms with E-state index in [1.165, 1.54) is 6.07 Å². The third-order valence-corrected chi connectivity index (χ3v) is 5.37. The number of hydrogen-bond donors (Lipinski definition) is 1. The Hall–Kier alpha value is -0.970. The van der Waals surface area contributed by atoms with Gasteiger partial charge in [-0.15, -0.1) is 24.0 Å². The lowest BCUT2D eigenvalue weighted by molar-refractivity contribution is 0.0168. The van der Waals surface area contributed by atoms with Crippen molar-refractivity contribution < 1.29 is 13.9 Å². The number of ether oxygens (including phenoxy) is 2. The minimum absolute atomic E-state index is 0. The quantitative estimate of drug-likeness (QED) is 0.365. The highest BCUT2D eigenvalue weighted by Gasteiger charge is 2.27. The lowest BCUT2D eigenvalue weighted by atomic mass is 10.0. The first kappa shape index (κ1) is 23.3. The molecule has 0 aromatic heterocycles. The maximum atomic E-state index is 13.8. The number of halogens is 2. The SMILES string of the molecule is CN=C(NCC(c1cccc(F)c1)N1CCOCC1)N1CCC(COC)C1.I. The smallest absolute Gasteiger partial charge is 0.193 e. The average Bonchev–Trinajstić information content (AvgIpc) is 3.15. The van der Waals surface area contributed by atoms with E-state index in [4.69, 9.17) is 9.47 Å². The summed E-state index contributed by atoms with van der Waals surface area (Å²) in [6, 6.07) is 6.99. The Morgan fingerprint density at radius 3 is 2.82 bits per heavy atom. The molecule has 1 aromatic rings. The van der Waals surface area contributed by atoms with Crippen LogP contribution in [0.2, 0.25) is 0 Å². The molecule has 1 aromatic carbocycles. The molecule has 8 heteroatoms. The Morgan fingerprint density at radius 1 is 1.36 bits per heavy atom. The molecule has 0 aliphatic carbocycles. The van der Waals surface area contributed by atoms with Crippen LogP contribution in [0.3, 0.4) is 0 Å². The number of methoxy groups -OCH3 is 1. The second kappa shape index (κ2) is 11.9. The number of morpholine rings is 1. The maximum Gasteiger partial charge on any atom is 0.193 e. The van der Waals surface area contributed by atoms with Crippen molar-refractivity contribution in [1.82, 2.24) is 15.1 Å². The van der Waals surface area contributed by atoms with Gasteiger partial charge < -0.3 is 19.7 Å². The first-order valence-corrected chi connectivity index (χ1v) is 9.73. The van der Waals surface area contributed by atoms with Crippen LogP contribution >= 0.6 is 24.0 Å². The van der Waals surface area contributed by atoms with Gasteiger partial charge in [-0.25, -0.2) is 4.39 Å². The van der Waals surface area contributed by atoms with Crippen molar-refractivity contribution >= 4 is 29.9 Å². The lowest BCUT2D eigenvalue weighted by Crippen LogP contribution is -2.47. The summed E-state index contributed by atoms with van der Waals surface area (Å²) in [7, 11) is 3.57. The van der Waals surface area contributed by atoms with Crippen LogP contribution in [-0.2, 0) is 9.47 Å². The Balaban J connectivity index is 0.00000280. The molecule has 2 fully saturated rings. The van der Waals surface area contributed by atoms with E-state index in [0.29, 0.717) is 25.7 Å². The molecular formula is C20H32FIN4O2. The van der Waals surface area contributed by atoms with Crippen molar-refractivity contribution in [2.45, 2.75) is 12.5 Å². The predicted octanol–water partition coefficient (Wildman–Crippen LogP) is 2.36. The van der Waals surface area contributed by atoms with Crippen LogP contribution in [0.4, 0.5) is 4.39 Å². The summed E-state index contributed by atoms with van der Waals surface area (Å²) in [6.07, 6.45) is 1.12. The van der Waals surface area contributed by atoms with Crippen molar-refractivity contribution in [3.63, 3.8) is 0 Å². The van der Waals surface area contributed by atoms with Crippen LogP contribution in [-0.4, -0.2) is 82.5 Å². The minimum atomic E-state index is -0.197. The van der Waals surface area contributed by atoms with Crippen LogP contribution in [0.5, 0.6) is 0 Å². The molecule has 2 atom stereocenters. The van der Waals surface area contributed by atoms with Gasteiger partial charge in [0.1, 0.15) is 5.82 Å². The first-order valence-electron chi connectivity index (χ1n) is 9.73. The fraction of sp³-hybridized carbons (Fsp3) is 0.650. The van der Waals surface area contributed by atoms with E-state index in [1.54, 1.807) is 19.2 Å². The highest BCUT2D eigenvalue weighted by molar-refractivity contribution is 14.0. The molecule has 2 unspecified atom stereocenters. The normalized spacial score (nSPS) is 22.0. The summed E-state index contributed by atoms with van der Waals surface area (Å²) >= 11 is 0. The van der Waals surface area contributed by atoms with Gasteiger partial charge in [-0.05, 0) is 24.1 Å². The van der Waals surface area contributed by atoms with Gasteiger partial charge in [0.15, 0.2) is 5.96 Å². The molecule has 2 aliphatic rings. The Morgan fingerprint density at radius 2 is 2.14 bits per heavy atom. The Kier molecular flexibility index (Phi) is 9.90. The number of nitrogens with one attached hydrogen (secondary N) is 1. The zero-order chi connectivity index (χ0) is 19.1. The van der Waals surface area contributed by atoms with E-state index in [-0.39, 0.29) is 35.8 Å². The van der Waals surface area contributed by atoms with Gasteiger partial charge in [0.25, 0.3) is 0 Å². The minimum Gasteiger partial charge on any atom is -0.384 e.